The molecule has 0 N–H and O–H groups in total. The summed E-state index contributed by atoms with van der Waals surface area (Å²) < 4.78 is 13.1. The van der Waals surface area contributed by atoms with E-state index in [1.807, 2.05) is 12.3 Å². The topological polar surface area (TPSA) is 42.8 Å². The van der Waals surface area contributed by atoms with Crippen LogP contribution in [0.1, 0.15) is 24.1 Å². The Hall–Kier alpha value is -2.05. The van der Waals surface area contributed by atoms with Crippen molar-refractivity contribution in [1.82, 2.24) is 19.6 Å². The molecule has 1 aromatic heterocycles. The molecule has 146 valence electrons. The monoisotopic (exact) mass is 370 g/mol. The van der Waals surface area contributed by atoms with E-state index in [-0.39, 0.29) is 0 Å². The van der Waals surface area contributed by atoms with Gasteiger partial charge in [-0.1, -0.05) is 0 Å². The van der Waals surface area contributed by atoms with E-state index < -0.39 is 0 Å². The molecule has 0 saturated carbocycles. The highest BCUT2D eigenvalue weighted by Crippen LogP contribution is 2.25. The van der Waals surface area contributed by atoms with E-state index in [4.69, 9.17) is 9.47 Å². The van der Waals surface area contributed by atoms with Crippen LogP contribution < -0.4 is 9.47 Å². The average Bonchev–Trinajstić information content (AvgIpc) is 3.31. The van der Waals surface area contributed by atoms with Crippen molar-refractivity contribution in [3.05, 3.63) is 41.7 Å². The predicted octanol–water partition coefficient (Wildman–Crippen LogP) is 2.63. The minimum Gasteiger partial charge on any atom is -0.497 e. The largest absolute Gasteiger partial charge is 0.497 e. The fourth-order valence-corrected chi connectivity index (χ4v) is 4.40. The summed E-state index contributed by atoms with van der Waals surface area (Å²) in [5.74, 6) is 2.28. The van der Waals surface area contributed by atoms with Crippen molar-refractivity contribution in [2.24, 2.45) is 5.92 Å². The lowest BCUT2D eigenvalue weighted by atomic mass is 10.1. The van der Waals surface area contributed by atoms with Crippen molar-refractivity contribution >= 4 is 0 Å². The molecule has 6 nitrogen and oxygen atoms in total. The average molecular weight is 370 g/mol. The molecule has 2 aromatic rings. The second-order valence-corrected chi connectivity index (χ2v) is 7.77. The fraction of sp³-hybridized carbons (Fsp3) is 0.571. The normalized spacial score (nSPS) is 21.0. The smallest absolute Gasteiger partial charge is 0.122 e. The van der Waals surface area contributed by atoms with E-state index in [0.717, 1.165) is 44.2 Å². The summed E-state index contributed by atoms with van der Waals surface area (Å²) in [6.45, 7) is 7.56. The number of hydrogen-bond acceptors (Lipinski definition) is 5. The number of aromatic nitrogens is 2. The van der Waals surface area contributed by atoms with Crippen LogP contribution in [0.3, 0.4) is 0 Å². The third-order valence-electron chi connectivity index (χ3n) is 5.67. The minimum atomic E-state index is 0.594. The lowest BCUT2D eigenvalue weighted by Crippen LogP contribution is -2.35. The molecule has 1 aromatic carbocycles. The van der Waals surface area contributed by atoms with Gasteiger partial charge in [-0.25, -0.2) is 0 Å². The molecule has 0 radical (unpaired) electrons. The first-order valence-corrected chi connectivity index (χ1v) is 9.91. The van der Waals surface area contributed by atoms with Crippen molar-refractivity contribution in [2.75, 3.05) is 40.4 Å². The molecule has 3 heterocycles. The molecule has 0 amide bonds. The summed E-state index contributed by atoms with van der Waals surface area (Å²) in [5.41, 5.74) is 2.52. The summed E-state index contributed by atoms with van der Waals surface area (Å²) in [6.07, 6.45) is 4.61. The summed E-state index contributed by atoms with van der Waals surface area (Å²) in [7, 11) is 3.41. The third-order valence-corrected chi connectivity index (χ3v) is 5.67. The highest BCUT2D eigenvalue weighted by atomic mass is 16.5. The molecule has 1 fully saturated rings. The summed E-state index contributed by atoms with van der Waals surface area (Å²) >= 11 is 0. The van der Waals surface area contributed by atoms with E-state index >= 15 is 0 Å². The number of likely N-dealkylation sites (tertiary alicyclic amines) is 1. The van der Waals surface area contributed by atoms with Gasteiger partial charge in [0, 0.05) is 50.9 Å². The quantitative estimate of drug-likeness (QED) is 0.782. The van der Waals surface area contributed by atoms with Gasteiger partial charge in [0.05, 0.1) is 19.9 Å². The van der Waals surface area contributed by atoms with Crippen LogP contribution in [0.2, 0.25) is 0 Å². The molecule has 0 aliphatic carbocycles. The van der Waals surface area contributed by atoms with Gasteiger partial charge in [0.25, 0.3) is 0 Å². The number of methoxy groups -OCH3 is 2. The second-order valence-electron chi connectivity index (χ2n) is 7.77. The first kappa shape index (κ1) is 18.3. The number of benzene rings is 1. The minimum absolute atomic E-state index is 0.594. The van der Waals surface area contributed by atoms with Crippen molar-refractivity contribution in [3.8, 4) is 11.5 Å². The Kier molecular flexibility index (Phi) is 5.64. The Bertz CT molecular complexity index is 732. The maximum absolute atomic E-state index is 5.45. The molecule has 27 heavy (non-hydrogen) atoms. The maximum Gasteiger partial charge on any atom is 0.122 e. The van der Waals surface area contributed by atoms with Crippen LogP contribution >= 0.6 is 0 Å². The molecule has 0 bridgehead atoms. The van der Waals surface area contributed by atoms with Gasteiger partial charge in [-0.15, -0.1) is 0 Å². The van der Waals surface area contributed by atoms with Crippen LogP contribution in [0.25, 0.3) is 0 Å². The molecular formula is C21H30N4O2. The summed E-state index contributed by atoms with van der Waals surface area (Å²) in [5, 5.41) is 4.57. The van der Waals surface area contributed by atoms with Gasteiger partial charge in [0.1, 0.15) is 11.5 Å². The van der Waals surface area contributed by atoms with Gasteiger partial charge < -0.3 is 14.4 Å². The van der Waals surface area contributed by atoms with E-state index in [9.17, 15) is 0 Å². The number of fused-ring (bicyclic) bond motifs is 1. The van der Waals surface area contributed by atoms with Crippen LogP contribution in [-0.2, 0) is 19.6 Å². The Morgan fingerprint density at radius 2 is 1.74 bits per heavy atom. The van der Waals surface area contributed by atoms with Gasteiger partial charge in [0.15, 0.2) is 0 Å². The molecule has 0 unspecified atom stereocenters. The lowest BCUT2D eigenvalue weighted by Gasteiger charge is -2.27. The number of ether oxygens (including phenoxy) is 2. The van der Waals surface area contributed by atoms with E-state index in [2.05, 4.69) is 37.8 Å². The Labute approximate surface area is 161 Å². The summed E-state index contributed by atoms with van der Waals surface area (Å²) in [4.78, 5) is 5.15. The first-order valence-electron chi connectivity index (χ1n) is 9.91. The zero-order valence-corrected chi connectivity index (χ0v) is 16.4. The van der Waals surface area contributed by atoms with Gasteiger partial charge in [0.2, 0.25) is 0 Å². The first-order chi connectivity index (χ1) is 13.2. The van der Waals surface area contributed by atoms with E-state index in [1.54, 1.807) is 14.2 Å². The van der Waals surface area contributed by atoms with Crippen molar-refractivity contribution < 1.29 is 9.47 Å². The van der Waals surface area contributed by atoms with E-state index in [1.165, 1.54) is 37.2 Å². The molecule has 1 atom stereocenters. The zero-order valence-electron chi connectivity index (χ0n) is 16.4. The highest BCUT2D eigenvalue weighted by Gasteiger charge is 2.25. The Morgan fingerprint density at radius 1 is 1.00 bits per heavy atom. The van der Waals surface area contributed by atoms with Gasteiger partial charge in [-0.05, 0) is 49.7 Å². The molecule has 4 rings (SSSR count). The molecule has 2 aliphatic rings. The lowest BCUT2D eigenvalue weighted by molar-refractivity contribution is 0.182. The van der Waals surface area contributed by atoms with Crippen LogP contribution in [0.5, 0.6) is 11.5 Å². The van der Waals surface area contributed by atoms with Gasteiger partial charge in [-0.3, -0.25) is 9.58 Å². The summed E-state index contributed by atoms with van der Waals surface area (Å²) in [6, 6.07) is 8.30. The van der Waals surface area contributed by atoms with Crippen molar-refractivity contribution in [3.63, 3.8) is 0 Å². The van der Waals surface area contributed by atoms with Crippen LogP contribution in [0, 0.1) is 5.92 Å². The second kappa shape index (κ2) is 8.31. The number of hydrogen-bond donors (Lipinski definition) is 0. The van der Waals surface area contributed by atoms with Crippen LogP contribution in [-0.4, -0.2) is 60.0 Å². The van der Waals surface area contributed by atoms with Crippen molar-refractivity contribution in [2.45, 2.75) is 32.5 Å². The van der Waals surface area contributed by atoms with Gasteiger partial charge in [-0.2, -0.15) is 5.10 Å². The molecular weight excluding hydrogens is 340 g/mol. The molecule has 1 saturated heterocycles. The highest BCUT2D eigenvalue weighted by molar-refractivity contribution is 5.38. The SMILES string of the molecule is COc1cc(CN2Cc3ccnn3C[C@H](CN3CCCC3)C2)cc(OC)c1. The zero-order chi connectivity index (χ0) is 18.6. The molecule has 2 aliphatic heterocycles. The molecule has 6 heteroatoms. The molecule has 0 spiro atoms. The standard InChI is InChI=1S/C21H30N4O2/c1-26-20-9-17(10-21(11-20)27-2)12-24-14-18(13-23-7-3-4-8-23)15-25-19(16-24)5-6-22-25/h5-6,9-11,18H,3-4,7-8,12-16H2,1-2H3/t18-/m1/s1. The van der Waals surface area contributed by atoms with E-state index in [0.29, 0.717) is 5.92 Å². The Morgan fingerprint density at radius 3 is 2.44 bits per heavy atom. The Balaban J connectivity index is 1.52. The van der Waals surface area contributed by atoms with Crippen LogP contribution in [0.4, 0.5) is 0 Å². The maximum atomic E-state index is 5.45. The van der Waals surface area contributed by atoms with Gasteiger partial charge >= 0.3 is 0 Å². The van der Waals surface area contributed by atoms with Crippen LogP contribution in [0.15, 0.2) is 30.5 Å². The van der Waals surface area contributed by atoms with Crippen molar-refractivity contribution in [1.29, 1.82) is 0 Å². The number of rotatable bonds is 6. The fourth-order valence-electron chi connectivity index (χ4n) is 4.40. The predicted molar refractivity (Wildman–Crippen MR) is 105 cm³/mol. The number of nitrogens with zero attached hydrogens (tertiary/aromatic N) is 4. The third kappa shape index (κ3) is 4.45.